The molecule has 192 valence electrons. The third-order valence-corrected chi connectivity index (χ3v) is 5.77. The zero-order valence-electron chi connectivity index (χ0n) is 19.0. The van der Waals surface area contributed by atoms with Crippen molar-refractivity contribution in [3.05, 3.63) is 113 Å². The van der Waals surface area contributed by atoms with Crippen LogP contribution in [0.2, 0.25) is 0 Å². The molecule has 9 heteroatoms. The highest BCUT2D eigenvalue weighted by Crippen LogP contribution is 2.35. The number of halogens is 8. The monoisotopic (exact) mass is 522 g/mol. The summed E-state index contributed by atoms with van der Waals surface area (Å²) in [5.41, 5.74) is -2.04. The van der Waals surface area contributed by atoms with Crippen LogP contribution in [-0.4, -0.2) is 6.61 Å². The van der Waals surface area contributed by atoms with Crippen LogP contribution in [0, 0.1) is 29.1 Å². The fraction of sp³-hybridized carbons (Fsp3) is 0.143. The molecule has 1 nitrogen and oxygen atoms in total. The fourth-order valence-corrected chi connectivity index (χ4v) is 4.07. The van der Waals surface area contributed by atoms with E-state index in [1.165, 1.54) is 36.4 Å². The van der Waals surface area contributed by atoms with Crippen LogP contribution in [0.15, 0.2) is 67.3 Å². The topological polar surface area (TPSA) is 9.23 Å². The summed E-state index contributed by atoms with van der Waals surface area (Å²) in [6, 6.07) is 10.2. The second-order valence-electron chi connectivity index (χ2n) is 8.27. The van der Waals surface area contributed by atoms with E-state index in [2.05, 4.69) is 6.58 Å². The third kappa shape index (κ3) is 5.45. The van der Waals surface area contributed by atoms with Crippen LogP contribution in [0.1, 0.15) is 16.7 Å². The number of fused-ring (bicyclic) bond motifs is 1. The Bertz CT molecular complexity index is 1440. The Kier molecular flexibility index (Phi) is 7.25. The van der Waals surface area contributed by atoms with E-state index in [0.29, 0.717) is 17.5 Å². The number of alkyl halides is 3. The number of hydrogen-bond acceptors (Lipinski definition) is 1. The Hall–Kier alpha value is -3.88. The van der Waals surface area contributed by atoms with Gasteiger partial charge in [-0.15, -0.1) is 0 Å². The van der Waals surface area contributed by atoms with Gasteiger partial charge in [0.2, 0.25) is 0 Å². The molecule has 37 heavy (non-hydrogen) atoms. The Morgan fingerprint density at radius 2 is 1.41 bits per heavy atom. The highest BCUT2D eigenvalue weighted by atomic mass is 19.4. The van der Waals surface area contributed by atoms with Crippen molar-refractivity contribution in [2.75, 3.05) is 6.61 Å². The summed E-state index contributed by atoms with van der Waals surface area (Å²) in [6.07, 6.45) is -3.93. The van der Waals surface area contributed by atoms with Crippen LogP contribution >= 0.6 is 0 Å². The molecule has 0 atom stereocenters. The lowest BCUT2D eigenvalue weighted by Crippen LogP contribution is -2.12. The van der Waals surface area contributed by atoms with Crippen molar-refractivity contribution >= 4 is 10.8 Å². The van der Waals surface area contributed by atoms with Crippen molar-refractivity contribution in [2.24, 2.45) is 0 Å². The van der Waals surface area contributed by atoms with Gasteiger partial charge in [-0.2, -0.15) is 13.2 Å². The molecule has 4 aromatic rings. The second-order valence-corrected chi connectivity index (χ2v) is 8.27. The fourth-order valence-electron chi connectivity index (χ4n) is 4.07. The lowest BCUT2D eigenvalue weighted by Gasteiger charge is -2.12. The predicted molar refractivity (Wildman–Crippen MR) is 124 cm³/mol. The SMILES string of the molecule is C=CCOc1cc(F)c(-c2ccc3c(F)c(CCc4cc(F)c(C(F)(F)F)c(F)c4)ccc3c2)c(F)c1. The molecule has 0 unspecified atom stereocenters. The zero-order chi connectivity index (χ0) is 26.9. The maximum absolute atomic E-state index is 15.1. The second kappa shape index (κ2) is 10.2. The van der Waals surface area contributed by atoms with Crippen molar-refractivity contribution in [3.8, 4) is 16.9 Å². The smallest absolute Gasteiger partial charge is 0.422 e. The van der Waals surface area contributed by atoms with E-state index in [4.69, 9.17) is 4.74 Å². The number of benzene rings is 4. The lowest BCUT2D eigenvalue weighted by atomic mass is 9.96. The molecule has 0 saturated heterocycles. The molecule has 0 amide bonds. The lowest BCUT2D eigenvalue weighted by molar-refractivity contribution is -0.142. The van der Waals surface area contributed by atoms with Gasteiger partial charge in [-0.3, -0.25) is 0 Å². The van der Waals surface area contributed by atoms with Crippen LogP contribution < -0.4 is 4.74 Å². The van der Waals surface area contributed by atoms with Crippen molar-refractivity contribution in [3.63, 3.8) is 0 Å². The van der Waals surface area contributed by atoms with Gasteiger partial charge in [-0.05, 0) is 53.1 Å². The summed E-state index contributed by atoms with van der Waals surface area (Å²) in [5.74, 6) is -5.89. The Morgan fingerprint density at radius 3 is 2.00 bits per heavy atom. The average molecular weight is 522 g/mol. The summed E-state index contributed by atoms with van der Waals surface area (Å²) in [5, 5.41) is 0.480. The summed E-state index contributed by atoms with van der Waals surface area (Å²) in [4.78, 5) is 0. The van der Waals surface area contributed by atoms with Crippen LogP contribution in [0.5, 0.6) is 5.75 Å². The number of hydrogen-bond donors (Lipinski definition) is 0. The number of rotatable bonds is 7. The van der Waals surface area contributed by atoms with Gasteiger partial charge in [0.15, 0.2) is 0 Å². The van der Waals surface area contributed by atoms with E-state index in [1.807, 2.05) is 0 Å². The third-order valence-electron chi connectivity index (χ3n) is 5.77. The summed E-state index contributed by atoms with van der Waals surface area (Å²) in [7, 11) is 0. The van der Waals surface area contributed by atoms with Crippen molar-refractivity contribution in [1.82, 2.24) is 0 Å². The van der Waals surface area contributed by atoms with E-state index in [1.54, 1.807) is 0 Å². The zero-order valence-corrected chi connectivity index (χ0v) is 19.0. The minimum atomic E-state index is -5.18. The van der Waals surface area contributed by atoms with E-state index in [9.17, 15) is 30.7 Å². The molecule has 0 aromatic heterocycles. The maximum Gasteiger partial charge on any atom is 0.422 e. The van der Waals surface area contributed by atoms with Gasteiger partial charge in [0.1, 0.15) is 47.0 Å². The summed E-state index contributed by atoms with van der Waals surface area (Å²) >= 11 is 0. The Balaban J connectivity index is 1.60. The van der Waals surface area contributed by atoms with Crippen molar-refractivity contribution in [1.29, 1.82) is 0 Å². The van der Waals surface area contributed by atoms with Gasteiger partial charge >= 0.3 is 6.18 Å². The van der Waals surface area contributed by atoms with Crippen LogP contribution in [0.4, 0.5) is 35.1 Å². The normalized spacial score (nSPS) is 11.7. The first kappa shape index (κ1) is 26.2. The van der Waals surface area contributed by atoms with E-state index in [-0.39, 0.29) is 52.8 Å². The molecular weight excluding hydrogens is 504 g/mol. The highest BCUT2D eigenvalue weighted by molar-refractivity contribution is 5.88. The van der Waals surface area contributed by atoms with Crippen molar-refractivity contribution in [2.45, 2.75) is 19.0 Å². The molecular formula is C28H18F8O. The molecule has 4 rings (SSSR count). The molecule has 0 aliphatic rings. The first-order valence-electron chi connectivity index (χ1n) is 11.0. The molecule has 0 heterocycles. The van der Waals surface area contributed by atoms with Gasteiger partial charge in [0, 0.05) is 17.5 Å². The molecule has 0 bridgehead atoms. The molecule has 0 aliphatic heterocycles. The first-order valence-corrected chi connectivity index (χ1v) is 11.0. The van der Waals surface area contributed by atoms with Gasteiger partial charge in [-0.1, -0.05) is 36.9 Å². The average Bonchev–Trinajstić information content (AvgIpc) is 2.80. The molecule has 0 spiro atoms. The molecule has 0 N–H and O–H groups in total. The minimum Gasteiger partial charge on any atom is -0.489 e. The van der Waals surface area contributed by atoms with E-state index >= 15 is 4.39 Å². The Labute approximate surface area is 206 Å². The van der Waals surface area contributed by atoms with Crippen molar-refractivity contribution < 1.29 is 39.9 Å². The van der Waals surface area contributed by atoms with Gasteiger partial charge < -0.3 is 4.74 Å². The van der Waals surface area contributed by atoms with Crippen LogP contribution in [0.3, 0.4) is 0 Å². The summed E-state index contributed by atoms with van der Waals surface area (Å²) in [6.45, 7) is 3.53. The van der Waals surface area contributed by atoms with Crippen LogP contribution in [-0.2, 0) is 19.0 Å². The van der Waals surface area contributed by atoms with Crippen LogP contribution in [0.25, 0.3) is 21.9 Å². The first-order chi connectivity index (χ1) is 17.5. The Morgan fingerprint density at radius 1 is 0.757 bits per heavy atom. The molecule has 0 saturated carbocycles. The minimum absolute atomic E-state index is 0.0112. The predicted octanol–water partition coefficient (Wildman–Crippen LogP) is 8.57. The molecule has 4 aromatic carbocycles. The van der Waals surface area contributed by atoms with Gasteiger partial charge in [-0.25, -0.2) is 22.0 Å². The standard InChI is InChI=1S/C28H18F8O/c1-2-9-37-19-13-21(29)25(22(30)14-19)18-7-8-20-17(12-18)6-5-16(27(20)33)4-3-15-10-23(31)26(24(32)11-15)28(34,35)36/h2,5-8,10-14H,1,3-4,9H2. The van der Waals surface area contributed by atoms with E-state index < -0.39 is 40.8 Å². The quantitative estimate of drug-likeness (QED) is 0.175. The molecule has 0 aliphatic carbocycles. The maximum atomic E-state index is 15.1. The summed E-state index contributed by atoms with van der Waals surface area (Å²) < 4.78 is 116. The largest absolute Gasteiger partial charge is 0.489 e. The van der Waals surface area contributed by atoms with Gasteiger partial charge in [0.05, 0.1) is 5.56 Å². The number of aryl methyl sites for hydroxylation is 2. The highest BCUT2D eigenvalue weighted by Gasteiger charge is 2.37. The number of ether oxygens (including phenoxy) is 1. The molecule has 0 fully saturated rings. The van der Waals surface area contributed by atoms with Gasteiger partial charge in [0.25, 0.3) is 0 Å². The molecule has 0 radical (unpaired) electrons. The van der Waals surface area contributed by atoms with E-state index in [0.717, 1.165) is 12.1 Å².